The molecule has 0 saturated heterocycles. The van der Waals surface area contributed by atoms with E-state index in [-0.39, 0.29) is 12.4 Å². The van der Waals surface area contributed by atoms with E-state index in [2.05, 4.69) is 5.32 Å². The highest BCUT2D eigenvalue weighted by Crippen LogP contribution is 2.50. The van der Waals surface area contributed by atoms with Crippen LogP contribution in [-0.4, -0.2) is 24.6 Å². The van der Waals surface area contributed by atoms with Crippen molar-refractivity contribution in [2.45, 2.75) is 18.6 Å². The van der Waals surface area contributed by atoms with Crippen molar-refractivity contribution < 1.29 is 14.4 Å². The van der Waals surface area contributed by atoms with E-state index in [0.717, 1.165) is 22.0 Å². The average Bonchev–Trinajstić information content (AvgIpc) is 2.77. The average molecular weight is 395 g/mol. The molecule has 0 radical (unpaired) electrons. The summed E-state index contributed by atoms with van der Waals surface area (Å²) in [5, 5.41) is 14.5. The lowest BCUT2D eigenvalue weighted by molar-refractivity contribution is 0.284. The first-order valence-corrected chi connectivity index (χ1v) is 11.2. The summed E-state index contributed by atoms with van der Waals surface area (Å²) >= 11 is 0. The molecule has 0 bridgehead atoms. The Hall–Kier alpha value is -2.55. The molecule has 3 aromatic carbocycles. The molecule has 1 unspecified atom stereocenters. The molecule has 3 rings (SSSR count). The van der Waals surface area contributed by atoms with Crippen LogP contribution in [0.3, 0.4) is 0 Å². The quantitative estimate of drug-likeness (QED) is 0.533. The van der Waals surface area contributed by atoms with E-state index in [1.807, 2.05) is 84.9 Å². The van der Waals surface area contributed by atoms with Crippen LogP contribution >= 0.6 is 7.14 Å². The highest BCUT2D eigenvalue weighted by atomic mass is 31.2. The van der Waals surface area contributed by atoms with Crippen molar-refractivity contribution >= 4 is 23.4 Å². The Bertz CT molecular complexity index is 855. The zero-order valence-electron chi connectivity index (χ0n) is 16.0. The summed E-state index contributed by atoms with van der Waals surface area (Å²) in [6, 6.07) is 26.8. The summed E-state index contributed by atoms with van der Waals surface area (Å²) in [4.78, 5) is 0. The first-order valence-electron chi connectivity index (χ1n) is 9.41. The van der Waals surface area contributed by atoms with Crippen molar-refractivity contribution in [1.29, 1.82) is 0 Å². The fourth-order valence-corrected chi connectivity index (χ4v) is 6.44. The minimum atomic E-state index is -3.00. The van der Waals surface area contributed by atoms with Crippen molar-refractivity contribution in [3.8, 4) is 5.75 Å². The molecular formula is C23H26NO3P. The van der Waals surface area contributed by atoms with Gasteiger partial charge in [-0.3, -0.25) is 0 Å². The molecule has 0 amide bonds. The lowest BCUT2D eigenvalue weighted by Gasteiger charge is -2.30. The normalized spacial score (nSPS) is 12.4. The zero-order valence-corrected chi connectivity index (χ0v) is 16.9. The number of aliphatic hydroxyl groups is 1. The van der Waals surface area contributed by atoms with Crippen LogP contribution in [0.4, 0.5) is 5.69 Å². The maximum absolute atomic E-state index is 14.6. The Kier molecular flexibility index (Phi) is 6.91. The van der Waals surface area contributed by atoms with Crippen molar-refractivity contribution in [2.24, 2.45) is 0 Å². The van der Waals surface area contributed by atoms with Gasteiger partial charge in [-0.15, -0.1) is 0 Å². The predicted molar refractivity (Wildman–Crippen MR) is 116 cm³/mol. The Balaban J connectivity index is 2.05. The van der Waals surface area contributed by atoms with E-state index in [1.54, 1.807) is 7.11 Å². The van der Waals surface area contributed by atoms with E-state index >= 15 is 0 Å². The smallest absolute Gasteiger partial charge is 0.164 e. The summed E-state index contributed by atoms with van der Waals surface area (Å²) in [6.45, 7) is 0.0599. The standard InChI is InChI=1S/C23H26NO3P/c1-27-20-16-14-19(15-17-20)24-23(13-8-18-25)28(26,21-9-4-2-5-10-21)22-11-6-3-7-12-22/h2-7,9-12,14-17,23-25H,8,13,18H2,1H3. The van der Waals surface area contributed by atoms with Gasteiger partial charge < -0.3 is 19.7 Å². The van der Waals surface area contributed by atoms with Crippen molar-refractivity contribution in [3.63, 3.8) is 0 Å². The molecule has 0 aliphatic heterocycles. The number of benzene rings is 3. The molecule has 4 nitrogen and oxygen atoms in total. The molecule has 3 aromatic rings. The Morgan fingerprint density at radius 3 is 1.89 bits per heavy atom. The van der Waals surface area contributed by atoms with E-state index in [4.69, 9.17) is 4.74 Å². The number of methoxy groups -OCH3 is 1. The van der Waals surface area contributed by atoms with Gasteiger partial charge in [0, 0.05) is 22.9 Å². The largest absolute Gasteiger partial charge is 0.497 e. The van der Waals surface area contributed by atoms with Gasteiger partial charge in [-0.2, -0.15) is 0 Å². The lowest BCUT2D eigenvalue weighted by atomic mass is 10.2. The molecule has 28 heavy (non-hydrogen) atoms. The molecule has 0 aliphatic carbocycles. The molecule has 2 N–H and O–H groups in total. The minimum absolute atomic E-state index is 0.0599. The van der Waals surface area contributed by atoms with Gasteiger partial charge >= 0.3 is 0 Å². The molecule has 0 saturated carbocycles. The number of aliphatic hydroxyl groups excluding tert-OH is 1. The second-order valence-corrected chi connectivity index (χ2v) is 9.56. The fourth-order valence-electron chi connectivity index (χ4n) is 3.32. The molecule has 0 heterocycles. The van der Waals surface area contributed by atoms with Gasteiger partial charge in [-0.25, -0.2) is 0 Å². The number of rotatable bonds is 9. The number of anilines is 1. The number of ether oxygens (including phenoxy) is 1. The summed E-state index contributed by atoms with van der Waals surface area (Å²) in [6.07, 6.45) is 1.15. The summed E-state index contributed by atoms with van der Waals surface area (Å²) in [5.74, 6) is 0.435. The number of nitrogens with one attached hydrogen (secondary N) is 1. The monoisotopic (exact) mass is 395 g/mol. The van der Waals surface area contributed by atoms with Crippen LogP contribution in [0.15, 0.2) is 84.9 Å². The molecule has 146 valence electrons. The van der Waals surface area contributed by atoms with Crippen LogP contribution in [0.5, 0.6) is 5.75 Å². The van der Waals surface area contributed by atoms with E-state index in [1.165, 1.54) is 0 Å². The summed E-state index contributed by atoms with van der Waals surface area (Å²) < 4.78 is 19.8. The molecular weight excluding hydrogens is 369 g/mol. The first-order chi connectivity index (χ1) is 13.7. The number of hydrogen-bond acceptors (Lipinski definition) is 4. The number of hydrogen-bond donors (Lipinski definition) is 2. The Morgan fingerprint density at radius 2 is 1.43 bits per heavy atom. The third-order valence-electron chi connectivity index (χ3n) is 4.78. The highest BCUT2D eigenvalue weighted by molar-refractivity contribution is 7.79. The van der Waals surface area contributed by atoms with Gasteiger partial charge in [0.1, 0.15) is 5.75 Å². The molecule has 0 aliphatic rings. The second-order valence-electron chi connectivity index (χ2n) is 6.58. The zero-order chi connectivity index (χ0) is 19.8. The SMILES string of the molecule is COc1ccc(NC(CCCO)P(=O)(c2ccccc2)c2ccccc2)cc1. The Morgan fingerprint density at radius 1 is 0.893 bits per heavy atom. The van der Waals surface area contributed by atoms with Crippen LogP contribution in [0.1, 0.15) is 12.8 Å². The highest BCUT2D eigenvalue weighted by Gasteiger charge is 2.36. The third kappa shape index (κ3) is 4.46. The predicted octanol–water partition coefficient (Wildman–Crippen LogP) is 4.22. The first kappa shape index (κ1) is 20.2. The van der Waals surface area contributed by atoms with Gasteiger partial charge in [0.2, 0.25) is 0 Å². The van der Waals surface area contributed by atoms with Crippen LogP contribution < -0.4 is 20.7 Å². The maximum atomic E-state index is 14.6. The topological polar surface area (TPSA) is 58.6 Å². The van der Waals surface area contributed by atoms with Gasteiger partial charge in [0.25, 0.3) is 0 Å². The van der Waals surface area contributed by atoms with E-state index in [0.29, 0.717) is 12.8 Å². The molecule has 0 fully saturated rings. The molecule has 5 heteroatoms. The molecule has 1 atom stereocenters. The van der Waals surface area contributed by atoms with Crippen LogP contribution in [0.25, 0.3) is 0 Å². The third-order valence-corrected chi connectivity index (χ3v) is 8.17. The van der Waals surface area contributed by atoms with E-state index < -0.39 is 7.14 Å². The van der Waals surface area contributed by atoms with Crippen LogP contribution in [0.2, 0.25) is 0 Å². The summed E-state index contributed by atoms with van der Waals surface area (Å²) in [7, 11) is -1.37. The lowest BCUT2D eigenvalue weighted by Crippen LogP contribution is -2.31. The maximum Gasteiger partial charge on any atom is 0.164 e. The van der Waals surface area contributed by atoms with Gasteiger partial charge in [-0.1, -0.05) is 60.7 Å². The van der Waals surface area contributed by atoms with Crippen LogP contribution in [-0.2, 0) is 4.57 Å². The van der Waals surface area contributed by atoms with Crippen molar-refractivity contribution in [2.75, 3.05) is 19.0 Å². The van der Waals surface area contributed by atoms with E-state index in [9.17, 15) is 9.67 Å². The van der Waals surface area contributed by atoms with Crippen molar-refractivity contribution in [3.05, 3.63) is 84.9 Å². The molecule has 0 spiro atoms. The van der Waals surface area contributed by atoms with Gasteiger partial charge in [-0.05, 0) is 37.1 Å². The molecule has 0 aromatic heterocycles. The fraction of sp³-hybridized carbons (Fsp3) is 0.217. The van der Waals surface area contributed by atoms with Gasteiger partial charge in [0.05, 0.1) is 12.9 Å². The minimum Gasteiger partial charge on any atom is -0.497 e. The van der Waals surface area contributed by atoms with Crippen molar-refractivity contribution in [1.82, 2.24) is 0 Å². The second kappa shape index (κ2) is 9.59. The Labute approximate surface area is 166 Å². The van der Waals surface area contributed by atoms with Crippen LogP contribution in [0, 0.1) is 0 Å². The van der Waals surface area contributed by atoms with Gasteiger partial charge in [0.15, 0.2) is 7.14 Å². The summed E-state index contributed by atoms with van der Waals surface area (Å²) in [5.41, 5.74) is 0.871.